The number of pyridine rings is 3. The summed E-state index contributed by atoms with van der Waals surface area (Å²) in [7, 11) is 0. The van der Waals surface area contributed by atoms with Crippen LogP contribution in [0.15, 0.2) is 52.6 Å². The highest BCUT2D eigenvalue weighted by molar-refractivity contribution is 6.30. The van der Waals surface area contributed by atoms with Crippen LogP contribution >= 0.6 is 11.6 Å². The molecule has 0 aliphatic carbocycles. The Morgan fingerprint density at radius 2 is 2.10 bits per heavy atom. The number of fused-ring (bicyclic) bond motifs is 1. The number of aromatic nitrogens is 5. The van der Waals surface area contributed by atoms with E-state index in [1.165, 1.54) is 12.3 Å². The van der Waals surface area contributed by atoms with E-state index in [-0.39, 0.29) is 11.2 Å². The highest BCUT2D eigenvalue weighted by Crippen LogP contribution is 2.25. The standard InChI is InChI=1S/C22H20ClFN6O/c1-4-16-19(25-5-2)8-9-29(22(16)31)13(3)20-27-28-21-17(24)10-14(12-30(20)21)18-7-6-15(23)11-26-18/h5-13H,4H2,1-3H3/b25-5-/t13-/m1/s1. The van der Waals surface area contributed by atoms with Gasteiger partial charge in [0.05, 0.1) is 22.4 Å². The molecule has 0 aliphatic heterocycles. The Bertz CT molecular complexity index is 1340. The van der Waals surface area contributed by atoms with Crippen LogP contribution in [-0.2, 0) is 6.42 Å². The van der Waals surface area contributed by atoms with Crippen LogP contribution in [0.25, 0.3) is 16.9 Å². The van der Waals surface area contributed by atoms with E-state index in [2.05, 4.69) is 20.2 Å². The summed E-state index contributed by atoms with van der Waals surface area (Å²) in [4.78, 5) is 21.6. The summed E-state index contributed by atoms with van der Waals surface area (Å²) in [5.41, 5.74) is 2.28. The maximum atomic E-state index is 14.8. The van der Waals surface area contributed by atoms with Crippen LogP contribution in [0, 0.1) is 5.82 Å². The van der Waals surface area contributed by atoms with Gasteiger partial charge in [-0.2, -0.15) is 0 Å². The summed E-state index contributed by atoms with van der Waals surface area (Å²) in [6.07, 6.45) is 7.09. The van der Waals surface area contributed by atoms with Crippen molar-refractivity contribution in [1.29, 1.82) is 0 Å². The molecule has 4 aromatic heterocycles. The van der Waals surface area contributed by atoms with Gasteiger partial charge >= 0.3 is 0 Å². The number of halogens is 2. The van der Waals surface area contributed by atoms with Crippen molar-refractivity contribution in [2.45, 2.75) is 33.2 Å². The SMILES string of the molecule is C/C=N\c1ccn([C@H](C)c2nnc3c(F)cc(-c4ccc(Cl)cn4)cn23)c(=O)c1CC. The van der Waals surface area contributed by atoms with E-state index in [0.29, 0.717) is 39.8 Å². The highest BCUT2D eigenvalue weighted by atomic mass is 35.5. The molecular weight excluding hydrogens is 419 g/mol. The molecule has 0 fully saturated rings. The molecule has 0 N–H and O–H groups in total. The van der Waals surface area contributed by atoms with Crippen LogP contribution in [0.5, 0.6) is 0 Å². The molecule has 4 aromatic rings. The van der Waals surface area contributed by atoms with E-state index >= 15 is 0 Å². The zero-order chi connectivity index (χ0) is 22.1. The van der Waals surface area contributed by atoms with Crippen LogP contribution in [0.1, 0.15) is 38.2 Å². The Morgan fingerprint density at radius 3 is 2.77 bits per heavy atom. The highest BCUT2D eigenvalue weighted by Gasteiger charge is 2.21. The minimum Gasteiger partial charge on any atom is -0.305 e. The van der Waals surface area contributed by atoms with Gasteiger partial charge < -0.3 is 4.57 Å². The monoisotopic (exact) mass is 438 g/mol. The van der Waals surface area contributed by atoms with Crippen LogP contribution < -0.4 is 5.56 Å². The van der Waals surface area contributed by atoms with Gasteiger partial charge in [0.25, 0.3) is 5.56 Å². The molecule has 9 heteroatoms. The van der Waals surface area contributed by atoms with Gasteiger partial charge in [-0.15, -0.1) is 10.2 Å². The number of hydrogen-bond acceptors (Lipinski definition) is 5. The fourth-order valence-corrected chi connectivity index (χ4v) is 3.66. The summed E-state index contributed by atoms with van der Waals surface area (Å²) < 4.78 is 17.9. The molecule has 0 aliphatic rings. The lowest BCUT2D eigenvalue weighted by molar-refractivity contribution is 0.568. The minimum absolute atomic E-state index is 0.0792. The Labute approximate surface area is 182 Å². The van der Waals surface area contributed by atoms with Crippen molar-refractivity contribution in [2.24, 2.45) is 4.99 Å². The maximum absolute atomic E-state index is 14.8. The van der Waals surface area contributed by atoms with Gasteiger partial charge in [0, 0.05) is 35.9 Å². The molecule has 7 nitrogen and oxygen atoms in total. The second-order valence-electron chi connectivity index (χ2n) is 7.00. The van der Waals surface area contributed by atoms with Gasteiger partial charge in [-0.25, -0.2) is 4.39 Å². The van der Waals surface area contributed by atoms with Crippen molar-refractivity contribution in [3.8, 4) is 11.3 Å². The number of hydrogen-bond donors (Lipinski definition) is 0. The van der Waals surface area contributed by atoms with E-state index in [4.69, 9.17) is 11.6 Å². The first kappa shape index (κ1) is 20.9. The molecule has 31 heavy (non-hydrogen) atoms. The zero-order valence-corrected chi connectivity index (χ0v) is 18.0. The number of rotatable bonds is 5. The fraction of sp³-hybridized carbons (Fsp3) is 0.227. The van der Waals surface area contributed by atoms with Crippen molar-refractivity contribution >= 4 is 29.2 Å². The van der Waals surface area contributed by atoms with Crippen LogP contribution in [0.3, 0.4) is 0 Å². The smallest absolute Gasteiger partial charge is 0.256 e. The molecule has 0 saturated carbocycles. The predicted octanol–water partition coefficient (Wildman–Crippen LogP) is 4.64. The largest absolute Gasteiger partial charge is 0.305 e. The lowest BCUT2D eigenvalue weighted by atomic mass is 10.1. The predicted molar refractivity (Wildman–Crippen MR) is 119 cm³/mol. The van der Waals surface area contributed by atoms with Crippen molar-refractivity contribution in [2.75, 3.05) is 0 Å². The van der Waals surface area contributed by atoms with E-state index in [1.807, 2.05) is 13.8 Å². The van der Waals surface area contributed by atoms with Gasteiger partial charge in [0.1, 0.15) is 0 Å². The van der Waals surface area contributed by atoms with Gasteiger partial charge in [0.2, 0.25) is 0 Å². The third-order valence-electron chi connectivity index (χ3n) is 5.12. The van der Waals surface area contributed by atoms with Crippen LogP contribution in [0.4, 0.5) is 10.1 Å². The summed E-state index contributed by atoms with van der Waals surface area (Å²) in [6.45, 7) is 5.54. The molecule has 0 amide bonds. The summed E-state index contributed by atoms with van der Waals surface area (Å²) in [6, 6.07) is 6.06. The van der Waals surface area contributed by atoms with Gasteiger partial charge in [0.15, 0.2) is 17.3 Å². The normalized spacial score (nSPS) is 12.7. The summed E-state index contributed by atoms with van der Waals surface area (Å²) >= 11 is 5.91. The minimum atomic E-state index is -0.533. The first-order valence-electron chi connectivity index (χ1n) is 9.83. The Hall–Kier alpha value is -3.39. The Morgan fingerprint density at radius 1 is 1.29 bits per heavy atom. The van der Waals surface area contributed by atoms with E-state index in [9.17, 15) is 9.18 Å². The molecule has 0 bridgehead atoms. The van der Waals surface area contributed by atoms with Crippen LogP contribution in [-0.4, -0.2) is 30.4 Å². The van der Waals surface area contributed by atoms with E-state index < -0.39 is 11.9 Å². The van der Waals surface area contributed by atoms with E-state index in [0.717, 1.165) is 0 Å². The maximum Gasteiger partial charge on any atom is 0.256 e. The second-order valence-corrected chi connectivity index (χ2v) is 7.44. The lowest BCUT2D eigenvalue weighted by Crippen LogP contribution is -2.27. The molecule has 158 valence electrons. The number of aliphatic imine (C=N–C) groups is 1. The van der Waals surface area contributed by atoms with Crippen molar-refractivity contribution in [3.05, 3.63) is 75.4 Å². The Balaban J connectivity index is 1.85. The van der Waals surface area contributed by atoms with Crippen molar-refractivity contribution in [3.63, 3.8) is 0 Å². The average Bonchev–Trinajstić information content (AvgIpc) is 3.19. The molecule has 0 spiro atoms. The number of nitrogens with zero attached hydrogens (tertiary/aromatic N) is 6. The fourth-order valence-electron chi connectivity index (χ4n) is 3.55. The van der Waals surface area contributed by atoms with E-state index in [1.54, 1.807) is 52.7 Å². The van der Waals surface area contributed by atoms with Gasteiger partial charge in [-0.3, -0.25) is 19.2 Å². The third kappa shape index (κ3) is 3.74. The molecule has 0 saturated heterocycles. The molecular formula is C22H20ClFN6O. The Kier molecular flexibility index (Phi) is 5.65. The third-order valence-corrected chi connectivity index (χ3v) is 5.34. The summed E-state index contributed by atoms with van der Waals surface area (Å²) in [5.74, 6) is -0.102. The first-order valence-corrected chi connectivity index (χ1v) is 10.2. The second kappa shape index (κ2) is 8.39. The zero-order valence-electron chi connectivity index (χ0n) is 17.3. The van der Waals surface area contributed by atoms with Crippen molar-refractivity contribution < 1.29 is 4.39 Å². The van der Waals surface area contributed by atoms with Crippen molar-refractivity contribution in [1.82, 2.24) is 24.1 Å². The average molecular weight is 439 g/mol. The molecule has 0 aromatic carbocycles. The lowest BCUT2D eigenvalue weighted by Gasteiger charge is -2.16. The molecule has 0 radical (unpaired) electrons. The molecule has 1 atom stereocenters. The molecule has 0 unspecified atom stereocenters. The summed E-state index contributed by atoms with van der Waals surface area (Å²) in [5, 5.41) is 8.66. The quantitative estimate of drug-likeness (QED) is 0.425. The first-order chi connectivity index (χ1) is 14.9. The topological polar surface area (TPSA) is 77.4 Å². The molecule has 4 heterocycles. The van der Waals surface area contributed by atoms with Crippen LogP contribution in [0.2, 0.25) is 5.02 Å². The van der Waals surface area contributed by atoms with Gasteiger partial charge in [-0.1, -0.05) is 18.5 Å². The molecule has 4 rings (SSSR count). The van der Waals surface area contributed by atoms with Gasteiger partial charge in [-0.05, 0) is 44.5 Å².